The Balaban J connectivity index is 1.99. The average Bonchev–Trinajstić information content (AvgIpc) is 2.19. The molecular weight excluding hydrogens is 162 g/mol. The molecule has 2 nitrogen and oxygen atoms in total. The average molecular weight is 183 g/mol. The van der Waals surface area contributed by atoms with Gasteiger partial charge in [-0.3, -0.25) is 0 Å². The highest BCUT2D eigenvalue weighted by Crippen LogP contribution is 2.52. The van der Waals surface area contributed by atoms with Crippen LogP contribution in [-0.4, -0.2) is 18.8 Å². The number of ether oxygens (including phenoxy) is 1. The number of hydrogen-bond donors (Lipinski definition) is 1. The molecule has 0 bridgehead atoms. The van der Waals surface area contributed by atoms with Crippen molar-refractivity contribution in [2.75, 3.05) is 6.61 Å². The topological polar surface area (TPSA) is 35.2 Å². The van der Waals surface area contributed by atoms with Gasteiger partial charge in [-0.25, -0.2) is 0 Å². The summed E-state index contributed by atoms with van der Waals surface area (Å²) in [7, 11) is 0. The predicted molar refractivity (Wildman–Crippen MR) is 53.5 cm³/mol. The molecule has 1 spiro atoms. The molecule has 2 atom stereocenters. The van der Waals surface area contributed by atoms with Crippen LogP contribution < -0.4 is 5.73 Å². The fraction of sp³-hybridized carbons (Fsp3) is 1.00. The molecule has 0 amide bonds. The van der Waals surface area contributed by atoms with E-state index in [1.807, 2.05) is 0 Å². The predicted octanol–water partition coefficient (Wildman–Crippen LogP) is 2.07. The second kappa shape index (κ2) is 3.58. The Morgan fingerprint density at radius 1 is 1.31 bits per heavy atom. The van der Waals surface area contributed by atoms with Gasteiger partial charge in [0.1, 0.15) is 0 Å². The first-order valence-electron chi connectivity index (χ1n) is 5.67. The third-order valence-corrected chi connectivity index (χ3v) is 4.00. The second-order valence-electron chi connectivity index (χ2n) is 4.58. The van der Waals surface area contributed by atoms with E-state index in [4.69, 9.17) is 10.5 Å². The van der Waals surface area contributed by atoms with Crippen molar-refractivity contribution < 1.29 is 4.74 Å². The van der Waals surface area contributed by atoms with Crippen molar-refractivity contribution in [1.82, 2.24) is 0 Å². The second-order valence-corrected chi connectivity index (χ2v) is 4.58. The minimum atomic E-state index is 0.383. The van der Waals surface area contributed by atoms with Crippen LogP contribution in [0.4, 0.5) is 0 Å². The summed E-state index contributed by atoms with van der Waals surface area (Å²) in [6.07, 6.45) is 8.29. The van der Waals surface area contributed by atoms with Gasteiger partial charge >= 0.3 is 0 Å². The van der Waals surface area contributed by atoms with Crippen LogP contribution in [0.2, 0.25) is 0 Å². The van der Waals surface area contributed by atoms with Crippen LogP contribution in [0, 0.1) is 5.41 Å². The molecule has 0 aromatic carbocycles. The zero-order valence-corrected chi connectivity index (χ0v) is 8.59. The first-order valence-corrected chi connectivity index (χ1v) is 5.67. The van der Waals surface area contributed by atoms with E-state index in [2.05, 4.69) is 6.92 Å². The third-order valence-electron chi connectivity index (χ3n) is 4.00. The SMILES string of the molecule is CCO[C@H]1C[C@@H](N)C12CCCCC2. The summed E-state index contributed by atoms with van der Waals surface area (Å²) >= 11 is 0. The highest BCUT2D eigenvalue weighted by Gasteiger charge is 2.53. The van der Waals surface area contributed by atoms with E-state index < -0.39 is 0 Å². The molecule has 0 aromatic heterocycles. The lowest BCUT2D eigenvalue weighted by Crippen LogP contribution is -2.62. The summed E-state index contributed by atoms with van der Waals surface area (Å²) in [6, 6.07) is 0.421. The van der Waals surface area contributed by atoms with Crippen LogP contribution in [0.15, 0.2) is 0 Å². The van der Waals surface area contributed by atoms with Crippen molar-refractivity contribution in [1.29, 1.82) is 0 Å². The standard InChI is InChI=1S/C11H21NO/c1-2-13-10-8-9(12)11(10)6-4-3-5-7-11/h9-10H,2-8,12H2,1H3/t9-,10+/m1/s1. The molecule has 0 unspecified atom stereocenters. The van der Waals surface area contributed by atoms with E-state index in [1.54, 1.807) is 0 Å². The minimum absolute atomic E-state index is 0.383. The Hall–Kier alpha value is -0.0800. The number of rotatable bonds is 2. The van der Waals surface area contributed by atoms with Gasteiger partial charge in [-0.2, -0.15) is 0 Å². The van der Waals surface area contributed by atoms with Gasteiger partial charge in [0.05, 0.1) is 6.10 Å². The fourth-order valence-corrected chi connectivity index (χ4v) is 3.12. The van der Waals surface area contributed by atoms with Crippen molar-refractivity contribution in [3.05, 3.63) is 0 Å². The molecule has 2 rings (SSSR count). The van der Waals surface area contributed by atoms with Gasteiger partial charge in [0.25, 0.3) is 0 Å². The maximum absolute atomic E-state index is 6.13. The van der Waals surface area contributed by atoms with Crippen LogP contribution in [0.1, 0.15) is 45.4 Å². The summed E-state index contributed by atoms with van der Waals surface area (Å²) in [4.78, 5) is 0. The Bertz CT molecular complexity index is 173. The zero-order chi connectivity index (χ0) is 9.31. The Kier molecular flexibility index (Phi) is 2.61. The normalized spacial score (nSPS) is 37.4. The molecule has 2 N–H and O–H groups in total. The largest absolute Gasteiger partial charge is 0.378 e. The molecule has 2 fully saturated rings. The lowest BCUT2D eigenvalue weighted by molar-refractivity contribution is -0.140. The molecule has 0 radical (unpaired) electrons. The van der Waals surface area contributed by atoms with Gasteiger partial charge in [0.2, 0.25) is 0 Å². The summed E-state index contributed by atoms with van der Waals surface area (Å²) in [5, 5.41) is 0. The Morgan fingerprint density at radius 3 is 2.54 bits per heavy atom. The Labute approximate surface area is 80.8 Å². The molecule has 0 heterocycles. The monoisotopic (exact) mass is 183 g/mol. The molecule has 2 aliphatic carbocycles. The van der Waals surface area contributed by atoms with Crippen molar-refractivity contribution in [2.24, 2.45) is 11.1 Å². The first kappa shape index (κ1) is 9.47. The van der Waals surface area contributed by atoms with Gasteiger partial charge < -0.3 is 10.5 Å². The number of hydrogen-bond acceptors (Lipinski definition) is 2. The van der Waals surface area contributed by atoms with E-state index in [1.165, 1.54) is 32.1 Å². The van der Waals surface area contributed by atoms with E-state index in [9.17, 15) is 0 Å². The maximum Gasteiger partial charge on any atom is 0.0660 e. The van der Waals surface area contributed by atoms with Crippen LogP contribution in [0.5, 0.6) is 0 Å². The summed E-state index contributed by atoms with van der Waals surface area (Å²) in [6.45, 7) is 2.93. The van der Waals surface area contributed by atoms with Crippen LogP contribution in [0.3, 0.4) is 0 Å². The van der Waals surface area contributed by atoms with Gasteiger partial charge in [0.15, 0.2) is 0 Å². The van der Waals surface area contributed by atoms with Crippen molar-refractivity contribution in [3.8, 4) is 0 Å². The molecular formula is C11H21NO. The van der Waals surface area contributed by atoms with Gasteiger partial charge in [-0.05, 0) is 26.2 Å². The fourth-order valence-electron chi connectivity index (χ4n) is 3.12. The van der Waals surface area contributed by atoms with E-state index in [0.29, 0.717) is 17.6 Å². The molecule has 0 saturated heterocycles. The Morgan fingerprint density at radius 2 is 2.00 bits per heavy atom. The van der Waals surface area contributed by atoms with Crippen LogP contribution in [0.25, 0.3) is 0 Å². The lowest BCUT2D eigenvalue weighted by atomic mass is 9.55. The molecule has 2 heteroatoms. The molecule has 13 heavy (non-hydrogen) atoms. The van der Waals surface area contributed by atoms with Gasteiger partial charge in [-0.15, -0.1) is 0 Å². The van der Waals surface area contributed by atoms with Crippen molar-refractivity contribution in [2.45, 2.75) is 57.6 Å². The maximum atomic E-state index is 6.13. The highest BCUT2D eigenvalue weighted by molar-refractivity contribution is 5.07. The van der Waals surface area contributed by atoms with Crippen molar-refractivity contribution in [3.63, 3.8) is 0 Å². The summed E-state index contributed by atoms with van der Waals surface area (Å²) in [5.41, 5.74) is 6.51. The number of nitrogens with two attached hydrogens (primary N) is 1. The van der Waals surface area contributed by atoms with Gasteiger partial charge in [0, 0.05) is 18.1 Å². The molecule has 0 aromatic rings. The summed E-state index contributed by atoms with van der Waals surface area (Å²) < 4.78 is 5.76. The van der Waals surface area contributed by atoms with E-state index in [-0.39, 0.29) is 0 Å². The zero-order valence-electron chi connectivity index (χ0n) is 8.59. The quantitative estimate of drug-likeness (QED) is 0.711. The smallest absolute Gasteiger partial charge is 0.0660 e. The van der Waals surface area contributed by atoms with Crippen LogP contribution >= 0.6 is 0 Å². The lowest BCUT2D eigenvalue weighted by Gasteiger charge is -2.56. The van der Waals surface area contributed by atoms with E-state index in [0.717, 1.165) is 13.0 Å². The first-order chi connectivity index (χ1) is 6.29. The molecule has 76 valence electrons. The van der Waals surface area contributed by atoms with Crippen LogP contribution in [-0.2, 0) is 4.74 Å². The highest BCUT2D eigenvalue weighted by atomic mass is 16.5. The van der Waals surface area contributed by atoms with Gasteiger partial charge in [-0.1, -0.05) is 19.3 Å². The summed E-state index contributed by atoms with van der Waals surface area (Å²) in [5.74, 6) is 0. The minimum Gasteiger partial charge on any atom is -0.378 e. The van der Waals surface area contributed by atoms with E-state index >= 15 is 0 Å². The molecule has 2 saturated carbocycles. The van der Waals surface area contributed by atoms with Crippen molar-refractivity contribution >= 4 is 0 Å². The third kappa shape index (κ3) is 1.40. The molecule has 0 aliphatic heterocycles. The molecule has 2 aliphatic rings.